The van der Waals surface area contributed by atoms with Crippen molar-refractivity contribution in [3.63, 3.8) is 0 Å². The van der Waals surface area contributed by atoms with Gasteiger partial charge in [0.2, 0.25) is 0 Å². The van der Waals surface area contributed by atoms with Crippen molar-refractivity contribution in [1.82, 2.24) is 4.90 Å². The molecule has 1 unspecified atom stereocenters. The van der Waals surface area contributed by atoms with Gasteiger partial charge in [-0.1, -0.05) is 18.5 Å². The van der Waals surface area contributed by atoms with Crippen molar-refractivity contribution in [1.29, 1.82) is 0 Å². The summed E-state index contributed by atoms with van der Waals surface area (Å²) < 4.78 is 0.752. The Morgan fingerprint density at radius 3 is 2.44 bits per heavy atom. The molecule has 4 heteroatoms. The molecular formula is C14H22ClNOS. The summed E-state index contributed by atoms with van der Waals surface area (Å²) in [6.07, 6.45) is 4.05. The van der Waals surface area contributed by atoms with Gasteiger partial charge in [-0.05, 0) is 57.8 Å². The number of likely N-dealkylation sites (N-methyl/N-ethyl adjacent to an activating group) is 1. The molecule has 1 N–H and O–H groups in total. The Labute approximate surface area is 119 Å². The Morgan fingerprint density at radius 1 is 1.39 bits per heavy atom. The average Bonchev–Trinajstić information content (AvgIpc) is 2.76. The number of aliphatic hydroxyl groups is 1. The molecule has 1 aromatic rings. The van der Waals surface area contributed by atoms with E-state index in [0.29, 0.717) is 0 Å². The summed E-state index contributed by atoms with van der Waals surface area (Å²) in [5.74, 6) is 0.775. The van der Waals surface area contributed by atoms with Crippen LogP contribution < -0.4 is 0 Å². The third-order valence-electron chi connectivity index (χ3n) is 4.40. The standard InChI is InChI=1S/C14H22ClNOS/c1-10-6-8-14(9-7-10,16(2)3)13(17)11-4-5-12(15)18-11/h4-5,10,13,17H,6-9H2,1-3H3. The lowest BCUT2D eigenvalue weighted by atomic mass is 9.73. The Balaban J connectivity index is 2.25. The van der Waals surface area contributed by atoms with E-state index < -0.39 is 6.10 Å². The fourth-order valence-corrected chi connectivity index (χ4v) is 4.13. The number of nitrogens with zero attached hydrogens (tertiary/aromatic N) is 1. The number of thiophene rings is 1. The van der Waals surface area contributed by atoms with E-state index in [2.05, 4.69) is 25.9 Å². The molecule has 0 saturated heterocycles. The van der Waals surface area contributed by atoms with Gasteiger partial charge in [0.1, 0.15) is 6.10 Å². The van der Waals surface area contributed by atoms with Crippen molar-refractivity contribution in [2.24, 2.45) is 5.92 Å². The Morgan fingerprint density at radius 2 is 2.00 bits per heavy atom. The minimum Gasteiger partial charge on any atom is -0.386 e. The van der Waals surface area contributed by atoms with E-state index in [1.165, 1.54) is 24.2 Å². The van der Waals surface area contributed by atoms with Crippen molar-refractivity contribution in [2.45, 2.75) is 44.2 Å². The molecule has 1 saturated carbocycles. The van der Waals surface area contributed by atoms with Crippen molar-refractivity contribution >= 4 is 22.9 Å². The van der Waals surface area contributed by atoms with Crippen molar-refractivity contribution in [3.05, 3.63) is 21.3 Å². The molecule has 1 aromatic heterocycles. The first kappa shape index (κ1) is 14.3. The van der Waals surface area contributed by atoms with Crippen molar-refractivity contribution < 1.29 is 5.11 Å². The van der Waals surface area contributed by atoms with Gasteiger partial charge in [-0.2, -0.15) is 0 Å². The minimum atomic E-state index is -0.433. The monoisotopic (exact) mass is 287 g/mol. The highest BCUT2D eigenvalue weighted by Crippen LogP contribution is 2.45. The third kappa shape index (κ3) is 2.60. The SMILES string of the molecule is CC1CCC(C(O)c2ccc(Cl)s2)(N(C)C)CC1. The van der Waals surface area contributed by atoms with Crippen LogP contribution in [0.2, 0.25) is 4.34 Å². The second-order valence-corrected chi connectivity index (χ2v) is 7.47. The number of aliphatic hydroxyl groups excluding tert-OH is 1. The molecule has 1 atom stereocenters. The van der Waals surface area contributed by atoms with Crippen LogP contribution in [0, 0.1) is 5.92 Å². The van der Waals surface area contributed by atoms with Crippen LogP contribution in [0.3, 0.4) is 0 Å². The first-order valence-corrected chi connectivity index (χ1v) is 7.76. The van der Waals surface area contributed by atoms with Crippen LogP contribution in [0.4, 0.5) is 0 Å². The van der Waals surface area contributed by atoms with Gasteiger partial charge in [-0.15, -0.1) is 11.3 Å². The molecule has 0 spiro atoms. The Kier molecular flexibility index (Phi) is 4.37. The van der Waals surface area contributed by atoms with Crippen LogP contribution >= 0.6 is 22.9 Å². The Bertz CT molecular complexity index is 396. The van der Waals surface area contributed by atoms with Gasteiger partial charge in [-0.3, -0.25) is 0 Å². The lowest BCUT2D eigenvalue weighted by Crippen LogP contribution is -2.51. The van der Waals surface area contributed by atoms with E-state index in [9.17, 15) is 5.11 Å². The summed E-state index contributed by atoms with van der Waals surface area (Å²) in [6, 6.07) is 3.83. The highest BCUT2D eigenvalue weighted by molar-refractivity contribution is 7.16. The Hall–Kier alpha value is -0.0900. The topological polar surface area (TPSA) is 23.5 Å². The highest BCUT2D eigenvalue weighted by atomic mass is 35.5. The summed E-state index contributed by atoms with van der Waals surface area (Å²) in [7, 11) is 4.16. The van der Waals surface area contributed by atoms with Gasteiger partial charge >= 0.3 is 0 Å². The van der Waals surface area contributed by atoms with Crippen LogP contribution in [0.5, 0.6) is 0 Å². The zero-order chi connectivity index (χ0) is 13.3. The molecule has 1 fully saturated rings. The number of halogens is 1. The zero-order valence-electron chi connectivity index (χ0n) is 11.3. The smallest absolute Gasteiger partial charge is 0.106 e. The van der Waals surface area contributed by atoms with Crippen LogP contribution in [0.25, 0.3) is 0 Å². The van der Waals surface area contributed by atoms with Gasteiger partial charge in [-0.25, -0.2) is 0 Å². The predicted octanol–water partition coefficient (Wildman–Crippen LogP) is 3.95. The first-order chi connectivity index (χ1) is 8.45. The fraction of sp³-hybridized carbons (Fsp3) is 0.714. The molecule has 0 aromatic carbocycles. The van der Waals surface area contributed by atoms with Crippen LogP contribution in [0.15, 0.2) is 12.1 Å². The molecule has 102 valence electrons. The van der Waals surface area contributed by atoms with Gasteiger partial charge in [0, 0.05) is 4.88 Å². The van der Waals surface area contributed by atoms with Crippen molar-refractivity contribution in [2.75, 3.05) is 14.1 Å². The fourth-order valence-electron chi connectivity index (χ4n) is 2.97. The second kappa shape index (κ2) is 5.49. The summed E-state index contributed by atoms with van der Waals surface area (Å²) in [6.45, 7) is 2.30. The van der Waals surface area contributed by atoms with E-state index >= 15 is 0 Å². The van der Waals surface area contributed by atoms with Gasteiger partial charge in [0.25, 0.3) is 0 Å². The molecule has 2 nitrogen and oxygen atoms in total. The molecular weight excluding hydrogens is 266 g/mol. The highest BCUT2D eigenvalue weighted by Gasteiger charge is 2.43. The maximum absolute atomic E-state index is 10.8. The van der Waals surface area contributed by atoms with Gasteiger partial charge in [0.15, 0.2) is 0 Å². The third-order valence-corrected chi connectivity index (χ3v) is 5.69. The normalized spacial score (nSPS) is 30.7. The minimum absolute atomic E-state index is 0.124. The molecule has 0 radical (unpaired) electrons. The number of hydrogen-bond acceptors (Lipinski definition) is 3. The quantitative estimate of drug-likeness (QED) is 0.910. The molecule has 18 heavy (non-hydrogen) atoms. The van der Waals surface area contributed by atoms with Crippen LogP contribution in [0.1, 0.15) is 43.6 Å². The van der Waals surface area contributed by atoms with Crippen LogP contribution in [-0.2, 0) is 0 Å². The van der Waals surface area contributed by atoms with E-state index in [-0.39, 0.29) is 5.54 Å². The molecule has 1 aliphatic rings. The van der Waals surface area contributed by atoms with E-state index in [1.54, 1.807) is 0 Å². The average molecular weight is 288 g/mol. The molecule has 0 amide bonds. The maximum atomic E-state index is 10.8. The van der Waals surface area contributed by atoms with E-state index in [1.807, 2.05) is 12.1 Å². The molecule has 2 rings (SSSR count). The zero-order valence-corrected chi connectivity index (χ0v) is 12.9. The predicted molar refractivity (Wildman–Crippen MR) is 78.3 cm³/mol. The summed E-state index contributed by atoms with van der Waals surface area (Å²) in [5.41, 5.74) is -0.124. The lowest BCUT2D eigenvalue weighted by Gasteiger charge is -2.47. The van der Waals surface area contributed by atoms with Crippen molar-refractivity contribution in [3.8, 4) is 0 Å². The molecule has 0 bridgehead atoms. The largest absolute Gasteiger partial charge is 0.386 e. The molecule has 1 aliphatic carbocycles. The summed E-state index contributed by atoms with van der Waals surface area (Å²) >= 11 is 7.48. The van der Waals surface area contributed by atoms with E-state index in [4.69, 9.17) is 11.6 Å². The van der Waals surface area contributed by atoms with E-state index in [0.717, 1.165) is 28.0 Å². The second-order valence-electron chi connectivity index (χ2n) is 5.72. The number of rotatable bonds is 3. The summed E-state index contributed by atoms with van der Waals surface area (Å²) in [4.78, 5) is 3.19. The molecule has 1 heterocycles. The molecule has 0 aliphatic heterocycles. The van der Waals surface area contributed by atoms with Crippen LogP contribution in [-0.4, -0.2) is 29.6 Å². The maximum Gasteiger partial charge on any atom is 0.106 e. The lowest BCUT2D eigenvalue weighted by molar-refractivity contribution is -0.0390. The first-order valence-electron chi connectivity index (χ1n) is 6.56. The van der Waals surface area contributed by atoms with Gasteiger partial charge < -0.3 is 10.0 Å². The number of hydrogen-bond donors (Lipinski definition) is 1. The van der Waals surface area contributed by atoms with Gasteiger partial charge in [0.05, 0.1) is 9.88 Å². The summed E-state index contributed by atoms with van der Waals surface area (Å²) in [5, 5.41) is 10.8.